The molecule has 8 heteroatoms. The molecule has 4 rings (SSSR count). The van der Waals surface area contributed by atoms with E-state index in [9.17, 15) is 5.11 Å². The Bertz CT molecular complexity index is 490. The number of piperidine rings is 3. The minimum Gasteiger partial charge on any atom is -0.520 e. The second kappa shape index (κ2) is 5.25. The first kappa shape index (κ1) is 14.3. The van der Waals surface area contributed by atoms with Crippen LogP contribution in [0.1, 0.15) is 12.8 Å². The van der Waals surface area contributed by atoms with Crippen LogP contribution < -0.4 is 10.6 Å². The standard InChI is InChI=1S/C12H21BN4OS2/c13-17-4-1-9(2-5-17)12(18,8-17)7-15-10(19)16-11-14-3-6-20-11/h3,6,9,18H,1-2,4-5,7-8H2,13H3,(H2,14,15,16,19). The molecule has 3 saturated heterocycles. The van der Waals surface area contributed by atoms with Crippen LogP contribution in [0.15, 0.2) is 11.6 Å². The molecule has 0 radical (unpaired) electrons. The first-order chi connectivity index (χ1) is 9.49. The van der Waals surface area contributed by atoms with Crippen molar-refractivity contribution in [2.24, 2.45) is 5.92 Å². The molecule has 0 aliphatic carbocycles. The molecule has 0 aromatic carbocycles. The molecule has 1 aromatic heterocycles. The van der Waals surface area contributed by atoms with Gasteiger partial charge in [0.15, 0.2) is 18.2 Å². The van der Waals surface area contributed by atoms with Crippen LogP contribution in [0, 0.1) is 5.92 Å². The van der Waals surface area contributed by atoms with Gasteiger partial charge in [0, 0.05) is 30.6 Å². The van der Waals surface area contributed by atoms with Gasteiger partial charge >= 0.3 is 0 Å². The summed E-state index contributed by atoms with van der Waals surface area (Å²) in [5, 5.41) is 20.5. The molecule has 1 unspecified atom stereocenters. The number of quaternary nitrogens is 1. The summed E-state index contributed by atoms with van der Waals surface area (Å²) in [6.45, 7) is 4.09. The first-order valence-corrected chi connectivity index (χ1v) is 7.84. The predicted molar refractivity (Wildman–Crippen MR) is 88.8 cm³/mol. The van der Waals surface area contributed by atoms with E-state index in [-0.39, 0.29) is 7.98 Å². The summed E-state index contributed by atoms with van der Waals surface area (Å²) in [4.78, 5) is 4.14. The van der Waals surface area contributed by atoms with E-state index in [0.29, 0.717) is 17.6 Å². The number of thiazole rings is 1. The number of fused-ring (bicyclic) bond motifs is 3. The van der Waals surface area contributed by atoms with E-state index in [2.05, 4.69) is 15.6 Å². The first-order valence-electron chi connectivity index (χ1n) is 6.55. The second-order valence-electron chi connectivity index (χ2n) is 5.30. The van der Waals surface area contributed by atoms with Crippen LogP contribution in [0.25, 0.3) is 0 Å². The molecule has 3 aliphatic heterocycles. The summed E-state index contributed by atoms with van der Waals surface area (Å²) in [6, 6.07) is 0. The van der Waals surface area contributed by atoms with E-state index < -0.39 is 5.60 Å². The Hall–Kier alpha value is -0.695. The van der Waals surface area contributed by atoms with Crippen molar-refractivity contribution in [2.45, 2.75) is 18.4 Å². The number of hydrogen-bond donors (Lipinski definition) is 3. The molecule has 110 valence electrons. The predicted octanol–water partition coefficient (Wildman–Crippen LogP) is -0.319. The largest absolute Gasteiger partial charge is 0.520 e. The molecule has 5 nitrogen and oxygen atoms in total. The molecule has 3 fully saturated rings. The Morgan fingerprint density at radius 1 is 1.60 bits per heavy atom. The minimum atomic E-state index is -0.577. The Labute approximate surface area is 129 Å². The summed E-state index contributed by atoms with van der Waals surface area (Å²) < 4.78 is 1.24. The minimum absolute atomic E-state index is 0.223. The summed E-state index contributed by atoms with van der Waals surface area (Å²) >= 11 is 6.80. The fourth-order valence-corrected chi connectivity index (χ4v) is 3.77. The van der Waals surface area contributed by atoms with Gasteiger partial charge in [0.05, 0.1) is 13.1 Å². The molecule has 3 aliphatic rings. The van der Waals surface area contributed by atoms with Gasteiger partial charge in [-0.1, -0.05) is 0 Å². The van der Waals surface area contributed by atoms with Gasteiger partial charge in [0.25, 0.3) is 0 Å². The van der Waals surface area contributed by atoms with E-state index in [1.165, 1.54) is 41.7 Å². The zero-order chi connectivity index (χ0) is 14.2. The van der Waals surface area contributed by atoms with Gasteiger partial charge in [0.2, 0.25) is 0 Å². The number of nitrogens with zero attached hydrogens (tertiary/aromatic N) is 2. The van der Waals surface area contributed by atoms with Crippen molar-refractivity contribution in [3.8, 4) is 0 Å². The van der Waals surface area contributed by atoms with Crippen LogP contribution in [0.2, 0.25) is 0 Å². The third-order valence-electron chi connectivity index (χ3n) is 4.05. The van der Waals surface area contributed by atoms with Gasteiger partial charge in [-0.25, -0.2) is 4.98 Å². The zero-order valence-corrected chi connectivity index (χ0v) is 12.3. The van der Waals surface area contributed by atoms with Crippen molar-refractivity contribution < 1.29 is 9.50 Å². The highest BCUT2D eigenvalue weighted by molar-refractivity contribution is 7.80. The summed E-state index contributed by atoms with van der Waals surface area (Å²) in [7, 11) is 0.223. The fraction of sp³-hybridized carbons (Fsp3) is 0.667. The molecule has 2 bridgehead atoms. The quantitative estimate of drug-likeness (QED) is 0.528. The van der Waals surface area contributed by atoms with Gasteiger partial charge in [0.1, 0.15) is 5.60 Å². The van der Waals surface area contributed by atoms with Crippen LogP contribution in [-0.2, 0) is 0 Å². The maximum absolute atomic E-state index is 11.0. The molecule has 0 spiro atoms. The lowest BCUT2D eigenvalue weighted by molar-refractivity contribution is -0.846. The lowest BCUT2D eigenvalue weighted by Gasteiger charge is -2.60. The number of hydrogen-bond acceptors (Lipinski definition) is 4. The Balaban J connectivity index is 1.56. The smallest absolute Gasteiger partial charge is 0.188 e. The zero-order valence-electron chi connectivity index (χ0n) is 10.6. The maximum Gasteiger partial charge on any atom is 0.188 e. The SMILES string of the molecule is [BH3-][N+]12CCC(CC1)C(O)(CNC(=S)Nc1nccs1)C2. The second-order valence-corrected chi connectivity index (χ2v) is 6.60. The van der Waals surface area contributed by atoms with Crippen LogP contribution in [0.4, 0.5) is 5.13 Å². The molecule has 0 saturated carbocycles. The van der Waals surface area contributed by atoms with Gasteiger partial charge in [-0.2, -0.15) is 0 Å². The number of anilines is 1. The number of aromatic nitrogens is 1. The lowest BCUT2D eigenvalue weighted by Crippen LogP contribution is -2.70. The molecule has 4 heterocycles. The molecular weight excluding hydrogens is 291 g/mol. The van der Waals surface area contributed by atoms with Crippen LogP contribution >= 0.6 is 23.6 Å². The third kappa shape index (κ3) is 2.83. The van der Waals surface area contributed by atoms with Gasteiger partial charge in [-0.15, -0.1) is 11.3 Å². The van der Waals surface area contributed by atoms with E-state index in [0.717, 1.165) is 11.7 Å². The van der Waals surface area contributed by atoms with Crippen molar-refractivity contribution >= 4 is 41.8 Å². The van der Waals surface area contributed by atoms with Crippen molar-refractivity contribution in [2.75, 3.05) is 31.5 Å². The summed E-state index contributed by atoms with van der Waals surface area (Å²) in [6.07, 6.45) is 4.10. The molecule has 20 heavy (non-hydrogen) atoms. The molecule has 1 aromatic rings. The summed E-state index contributed by atoms with van der Waals surface area (Å²) in [5.41, 5.74) is -0.577. The normalized spacial score (nSPS) is 35.8. The van der Waals surface area contributed by atoms with Crippen LogP contribution in [0.5, 0.6) is 0 Å². The molecular formula is C12H21BN4OS2. The van der Waals surface area contributed by atoms with E-state index in [4.69, 9.17) is 12.2 Å². The number of nitrogens with one attached hydrogen (secondary N) is 2. The monoisotopic (exact) mass is 312 g/mol. The van der Waals surface area contributed by atoms with Gasteiger partial charge in [-0.05, 0) is 25.1 Å². The maximum atomic E-state index is 11.0. The molecule has 3 N–H and O–H groups in total. The molecule has 1 atom stereocenters. The number of rotatable bonds is 3. The van der Waals surface area contributed by atoms with Gasteiger partial charge in [-0.3, -0.25) is 0 Å². The van der Waals surface area contributed by atoms with Gasteiger partial charge < -0.3 is 20.1 Å². The highest BCUT2D eigenvalue weighted by Crippen LogP contribution is 2.38. The average Bonchev–Trinajstić information content (AvgIpc) is 2.89. The Kier molecular flexibility index (Phi) is 3.74. The highest BCUT2D eigenvalue weighted by atomic mass is 32.1. The third-order valence-corrected chi connectivity index (χ3v) is 4.99. The topological polar surface area (TPSA) is 57.2 Å². The number of aliphatic hydroxyl groups is 1. The van der Waals surface area contributed by atoms with Crippen molar-refractivity contribution in [3.05, 3.63) is 11.6 Å². The van der Waals surface area contributed by atoms with E-state index in [1.54, 1.807) is 6.20 Å². The average molecular weight is 312 g/mol. The lowest BCUT2D eigenvalue weighted by atomic mass is 9.72. The van der Waals surface area contributed by atoms with Crippen molar-refractivity contribution in [3.63, 3.8) is 0 Å². The Morgan fingerprint density at radius 3 is 2.95 bits per heavy atom. The van der Waals surface area contributed by atoms with Crippen LogP contribution in [0.3, 0.4) is 0 Å². The number of thiocarbonyl (C=S) groups is 1. The van der Waals surface area contributed by atoms with E-state index >= 15 is 0 Å². The van der Waals surface area contributed by atoms with Crippen molar-refractivity contribution in [1.82, 2.24) is 10.3 Å². The highest BCUT2D eigenvalue weighted by Gasteiger charge is 2.49. The molecule has 0 amide bonds. The van der Waals surface area contributed by atoms with E-state index in [1.807, 2.05) is 5.38 Å². The van der Waals surface area contributed by atoms with Crippen molar-refractivity contribution in [1.29, 1.82) is 0 Å². The Morgan fingerprint density at radius 2 is 2.35 bits per heavy atom. The summed E-state index contributed by atoms with van der Waals surface area (Å²) in [5.74, 6) is 0.441. The fourth-order valence-electron chi connectivity index (χ4n) is 3.00. The van der Waals surface area contributed by atoms with Crippen LogP contribution in [-0.4, -0.2) is 59.4 Å².